The summed E-state index contributed by atoms with van der Waals surface area (Å²) in [6.45, 7) is 5.97. The highest BCUT2D eigenvalue weighted by Gasteiger charge is 2.18. The maximum atomic E-state index is 12.4. The van der Waals surface area contributed by atoms with Gasteiger partial charge in [-0.15, -0.1) is 0 Å². The second-order valence-corrected chi connectivity index (χ2v) is 5.86. The lowest BCUT2D eigenvalue weighted by molar-refractivity contribution is -0.384. The summed E-state index contributed by atoms with van der Waals surface area (Å²) in [5, 5.41) is 13.8. The van der Waals surface area contributed by atoms with Crippen molar-refractivity contribution in [1.82, 2.24) is 5.32 Å². The average Bonchev–Trinajstić information content (AvgIpc) is 2.60. The van der Waals surface area contributed by atoms with Crippen molar-refractivity contribution < 1.29 is 19.2 Å². The van der Waals surface area contributed by atoms with Crippen molar-refractivity contribution in [3.8, 4) is 0 Å². The van der Waals surface area contributed by atoms with Crippen LogP contribution in [-0.4, -0.2) is 23.4 Å². The van der Waals surface area contributed by atoms with Crippen molar-refractivity contribution in [1.29, 1.82) is 0 Å². The summed E-state index contributed by atoms with van der Waals surface area (Å²) in [4.78, 5) is 34.7. The molecule has 0 atom stereocenters. The summed E-state index contributed by atoms with van der Waals surface area (Å²) >= 11 is 0. The number of amides is 1. The highest BCUT2D eigenvalue weighted by atomic mass is 16.6. The monoisotopic (exact) mass is 356 g/mol. The van der Waals surface area contributed by atoms with Crippen molar-refractivity contribution in [2.45, 2.75) is 27.3 Å². The summed E-state index contributed by atoms with van der Waals surface area (Å²) in [5.41, 5.74) is 2.77. The predicted molar refractivity (Wildman–Crippen MR) is 96.1 cm³/mol. The number of non-ortho nitro benzene ring substituents is 1. The van der Waals surface area contributed by atoms with E-state index < -0.39 is 16.8 Å². The van der Waals surface area contributed by atoms with Crippen LogP contribution in [0, 0.1) is 24.0 Å². The molecule has 2 aromatic rings. The molecule has 0 aliphatic carbocycles. The number of ether oxygens (including phenoxy) is 1. The lowest BCUT2D eigenvalue weighted by atomic mass is 10.1. The van der Waals surface area contributed by atoms with Crippen molar-refractivity contribution in [2.24, 2.45) is 0 Å². The molecule has 0 aliphatic heterocycles. The van der Waals surface area contributed by atoms with Crippen molar-refractivity contribution in [3.63, 3.8) is 0 Å². The fraction of sp³-hybridized carbons (Fsp3) is 0.263. The number of carbonyl (C=O) groups is 2. The van der Waals surface area contributed by atoms with E-state index in [1.165, 1.54) is 6.07 Å². The molecule has 2 aromatic carbocycles. The predicted octanol–water partition coefficient (Wildman–Crippen LogP) is 3.32. The van der Waals surface area contributed by atoms with Crippen LogP contribution >= 0.6 is 0 Å². The zero-order chi connectivity index (χ0) is 19.3. The molecule has 0 unspecified atom stereocenters. The van der Waals surface area contributed by atoms with Gasteiger partial charge in [-0.05, 0) is 38.0 Å². The Bertz CT molecular complexity index is 861. The minimum Gasteiger partial charge on any atom is -0.462 e. The number of carbonyl (C=O) groups excluding carboxylic acids is 2. The third-order valence-electron chi connectivity index (χ3n) is 3.84. The molecular weight excluding hydrogens is 336 g/mol. The van der Waals surface area contributed by atoms with Crippen LogP contribution < -0.4 is 5.32 Å². The third-order valence-corrected chi connectivity index (χ3v) is 3.84. The molecule has 1 N–H and O–H groups in total. The second-order valence-electron chi connectivity index (χ2n) is 5.86. The normalized spacial score (nSPS) is 10.3. The minimum atomic E-state index is -0.709. The molecule has 2 rings (SSSR count). The van der Waals surface area contributed by atoms with Gasteiger partial charge in [0.2, 0.25) is 0 Å². The third kappa shape index (κ3) is 4.66. The number of aryl methyl sites for hydroxylation is 2. The van der Waals surface area contributed by atoms with E-state index in [1.54, 1.807) is 6.92 Å². The fourth-order valence-corrected chi connectivity index (χ4v) is 2.50. The standard InChI is InChI=1S/C19H20N2O5/c1-4-26-19(23)16-8-15(9-17(10-16)21(24)25)18(22)20-11-14-6-5-12(2)7-13(14)3/h5-10H,4,11H2,1-3H3,(H,20,22). The van der Waals surface area contributed by atoms with Crippen molar-refractivity contribution in [3.05, 3.63) is 74.3 Å². The zero-order valence-electron chi connectivity index (χ0n) is 14.9. The Balaban J connectivity index is 2.23. The molecule has 0 aliphatic rings. The van der Waals surface area contributed by atoms with Gasteiger partial charge >= 0.3 is 5.97 Å². The van der Waals surface area contributed by atoms with Crippen LogP contribution in [0.5, 0.6) is 0 Å². The van der Waals surface area contributed by atoms with E-state index in [4.69, 9.17) is 4.74 Å². The largest absolute Gasteiger partial charge is 0.462 e. The summed E-state index contributed by atoms with van der Waals surface area (Å²) < 4.78 is 4.86. The van der Waals surface area contributed by atoms with Gasteiger partial charge in [0.05, 0.1) is 17.1 Å². The summed E-state index contributed by atoms with van der Waals surface area (Å²) in [6.07, 6.45) is 0. The molecule has 0 saturated heterocycles. The van der Waals surface area contributed by atoms with E-state index in [0.717, 1.165) is 28.8 Å². The summed E-state index contributed by atoms with van der Waals surface area (Å²) in [5.74, 6) is -1.21. The van der Waals surface area contributed by atoms with Gasteiger partial charge in [0.1, 0.15) is 0 Å². The zero-order valence-corrected chi connectivity index (χ0v) is 14.9. The molecular formula is C19H20N2O5. The lowest BCUT2D eigenvalue weighted by Gasteiger charge is -2.10. The molecule has 1 amide bonds. The molecule has 0 fully saturated rings. The molecule has 0 saturated carbocycles. The molecule has 7 heteroatoms. The van der Waals surface area contributed by atoms with E-state index in [1.807, 2.05) is 32.0 Å². The van der Waals surface area contributed by atoms with Crippen LogP contribution in [0.4, 0.5) is 5.69 Å². The number of nitro groups is 1. The van der Waals surface area contributed by atoms with Crippen LogP contribution in [0.3, 0.4) is 0 Å². The first-order valence-corrected chi connectivity index (χ1v) is 8.12. The van der Waals surface area contributed by atoms with Gasteiger partial charge < -0.3 is 10.1 Å². The Morgan fingerprint density at radius 2 is 1.81 bits per heavy atom. The molecule has 26 heavy (non-hydrogen) atoms. The van der Waals surface area contributed by atoms with Gasteiger partial charge in [0.25, 0.3) is 11.6 Å². The molecule has 0 spiro atoms. The molecule has 136 valence electrons. The van der Waals surface area contributed by atoms with Crippen LogP contribution in [0.1, 0.15) is 44.3 Å². The van der Waals surface area contributed by atoms with Gasteiger partial charge in [0.15, 0.2) is 0 Å². The number of nitrogens with zero attached hydrogens (tertiary/aromatic N) is 1. The quantitative estimate of drug-likeness (QED) is 0.486. The Morgan fingerprint density at radius 1 is 1.12 bits per heavy atom. The van der Waals surface area contributed by atoms with Crippen LogP contribution in [0.15, 0.2) is 36.4 Å². The first kappa shape index (κ1) is 19.1. The highest BCUT2D eigenvalue weighted by molar-refractivity contribution is 5.99. The number of nitro benzene ring substituents is 1. The van der Waals surface area contributed by atoms with E-state index in [0.29, 0.717) is 0 Å². The smallest absolute Gasteiger partial charge is 0.338 e. The molecule has 0 heterocycles. The highest BCUT2D eigenvalue weighted by Crippen LogP contribution is 2.19. The lowest BCUT2D eigenvalue weighted by Crippen LogP contribution is -2.23. The Morgan fingerprint density at radius 3 is 2.42 bits per heavy atom. The first-order chi connectivity index (χ1) is 12.3. The molecule has 0 bridgehead atoms. The maximum Gasteiger partial charge on any atom is 0.338 e. The number of esters is 1. The van der Waals surface area contributed by atoms with Gasteiger partial charge in [-0.3, -0.25) is 14.9 Å². The summed E-state index contributed by atoms with van der Waals surface area (Å²) in [6, 6.07) is 9.40. The number of nitrogens with one attached hydrogen (secondary N) is 1. The Hall–Kier alpha value is -3.22. The van der Waals surface area contributed by atoms with E-state index in [-0.39, 0.29) is 30.0 Å². The van der Waals surface area contributed by atoms with E-state index in [9.17, 15) is 19.7 Å². The molecule has 0 aromatic heterocycles. The van der Waals surface area contributed by atoms with Gasteiger partial charge in [-0.2, -0.15) is 0 Å². The van der Waals surface area contributed by atoms with E-state index in [2.05, 4.69) is 5.32 Å². The van der Waals surface area contributed by atoms with Gasteiger partial charge in [-0.25, -0.2) is 4.79 Å². The van der Waals surface area contributed by atoms with Crippen molar-refractivity contribution >= 4 is 17.6 Å². The summed E-state index contributed by atoms with van der Waals surface area (Å²) in [7, 11) is 0. The van der Waals surface area contributed by atoms with E-state index >= 15 is 0 Å². The molecule has 7 nitrogen and oxygen atoms in total. The average molecular weight is 356 g/mol. The van der Waals surface area contributed by atoms with Crippen LogP contribution in [0.25, 0.3) is 0 Å². The maximum absolute atomic E-state index is 12.4. The topological polar surface area (TPSA) is 98.5 Å². The Kier molecular flexibility index (Phi) is 6.06. The van der Waals surface area contributed by atoms with Crippen LogP contribution in [-0.2, 0) is 11.3 Å². The minimum absolute atomic E-state index is 0.0299. The van der Waals surface area contributed by atoms with Crippen LogP contribution in [0.2, 0.25) is 0 Å². The number of rotatable bonds is 6. The van der Waals surface area contributed by atoms with Gasteiger partial charge in [0, 0.05) is 24.2 Å². The van der Waals surface area contributed by atoms with Crippen molar-refractivity contribution in [2.75, 3.05) is 6.61 Å². The number of hydrogen-bond donors (Lipinski definition) is 1. The fourth-order valence-electron chi connectivity index (χ4n) is 2.50. The SMILES string of the molecule is CCOC(=O)c1cc(C(=O)NCc2ccc(C)cc2C)cc([N+](=O)[O-])c1. The van der Waals surface area contributed by atoms with Gasteiger partial charge in [-0.1, -0.05) is 23.8 Å². The second kappa shape index (κ2) is 8.24. The Labute approximate surface area is 151 Å². The molecule has 0 radical (unpaired) electrons. The first-order valence-electron chi connectivity index (χ1n) is 8.12. The number of hydrogen-bond acceptors (Lipinski definition) is 5. The number of benzene rings is 2.